The molecular weight excluding hydrogens is 366 g/mol. The Bertz CT molecular complexity index is 1010. The van der Waals surface area contributed by atoms with Gasteiger partial charge in [-0.25, -0.2) is 9.78 Å². The number of rotatable bonds is 6. The molecule has 0 saturated carbocycles. The van der Waals surface area contributed by atoms with Crippen molar-refractivity contribution < 1.29 is 14.3 Å². The third-order valence-electron chi connectivity index (χ3n) is 4.34. The van der Waals surface area contributed by atoms with Crippen LogP contribution >= 0.6 is 0 Å². The first-order valence-electron chi connectivity index (χ1n) is 9.35. The van der Waals surface area contributed by atoms with Gasteiger partial charge in [0.05, 0.1) is 17.7 Å². The third-order valence-corrected chi connectivity index (χ3v) is 4.34. The zero-order valence-electron chi connectivity index (χ0n) is 16.7. The van der Waals surface area contributed by atoms with E-state index in [0.717, 1.165) is 22.5 Å². The maximum Gasteiger partial charge on any atom is 0.338 e. The lowest BCUT2D eigenvalue weighted by molar-refractivity contribution is 0.0526. The molecule has 1 amide bonds. The molecule has 148 valence electrons. The summed E-state index contributed by atoms with van der Waals surface area (Å²) in [5.41, 5.74) is 4.61. The van der Waals surface area contributed by atoms with Crippen molar-refractivity contribution >= 4 is 29.1 Å². The second-order valence-corrected chi connectivity index (χ2v) is 6.63. The van der Waals surface area contributed by atoms with Crippen molar-refractivity contribution in [2.75, 3.05) is 17.2 Å². The Kier molecular flexibility index (Phi) is 6.24. The van der Waals surface area contributed by atoms with Crippen molar-refractivity contribution in [3.05, 3.63) is 83.0 Å². The molecule has 2 N–H and O–H groups in total. The molecule has 0 radical (unpaired) electrons. The van der Waals surface area contributed by atoms with E-state index >= 15 is 0 Å². The van der Waals surface area contributed by atoms with Crippen molar-refractivity contribution in [2.24, 2.45) is 0 Å². The molecule has 2 aromatic carbocycles. The summed E-state index contributed by atoms with van der Waals surface area (Å²) in [6, 6.07) is 16.3. The van der Waals surface area contributed by atoms with Crippen molar-refractivity contribution in [3.63, 3.8) is 0 Å². The molecule has 29 heavy (non-hydrogen) atoms. The summed E-state index contributed by atoms with van der Waals surface area (Å²) in [5.74, 6) is 0.0325. The number of aromatic nitrogens is 1. The Morgan fingerprint density at radius 1 is 0.966 bits per heavy atom. The van der Waals surface area contributed by atoms with Crippen LogP contribution in [0.15, 0.2) is 60.8 Å². The van der Waals surface area contributed by atoms with Gasteiger partial charge in [0.1, 0.15) is 5.82 Å². The van der Waals surface area contributed by atoms with Crippen LogP contribution in [0, 0.1) is 13.8 Å². The molecule has 0 aliphatic heterocycles. The van der Waals surface area contributed by atoms with Gasteiger partial charge >= 0.3 is 5.97 Å². The lowest BCUT2D eigenvalue weighted by Crippen LogP contribution is -2.13. The average molecular weight is 389 g/mol. The summed E-state index contributed by atoms with van der Waals surface area (Å²) in [5, 5.41) is 6.06. The molecule has 3 aromatic rings. The second-order valence-electron chi connectivity index (χ2n) is 6.63. The molecule has 6 heteroatoms. The van der Waals surface area contributed by atoms with Gasteiger partial charge in [-0.05, 0) is 74.4 Å². The zero-order chi connectivity index (χ0) is 20.8. The molecule has 0 atom stereocenters. The van der Waals surface area contributed by atoms with Crippen LogP contribution in [0.3, 0.4) is 0 Å². The SMILES string of the molecule is CCOC(=O)c1ccc(Nc2ccc(C(=O)Nc3cc(C)ccc3C)cn2)cc1. The fraction of sp³-hybridized carbons (Fsp3) is 0.174. The highest BCUT2D eigenvalue weighted by Crippen LogP contribution is 2.19. The van der Waals surface area contributed by atoms with Crippen molar-refractivity contribution in [2.45, 2.75) is 20.8 Å². The minimum Gasteiger partial charge on any atom is -0.462 e. The van der Waals surface area contributed by atoms with E-state index in [4.69, 9.17) is 4.74 Å². The molecule has 0 saturated heterocycles. The number of aryl methyl sites for hydroxylation is 2. The molecule has 0 aliphatic carbocycles. The fourth-order valence-electron chi connectivity index (χ4n) is 2.72. The molecule has 6 nitrogen and oxygen atoms in total. The van der Waals surface area contributed by atoms with Crippen LogP contribution in [-0.2, 0) is 4.74 Å². The number of esters is 1. The van der Waals surface area contributed by atoms with Gasteiger partial charge in [0.15, 0.2) is 0 Å². The number of nitrogens with one attached hydrogen (secondary N) is 2. The van der Waals surface area contributed by atoms with Gasteiger partial charge in [0, 0.05) is 17.6 Å². The normalized spacial score (nSPS) is 10.3. The van der Waals surface area contributed by atoms with Crippen LogP contribution in [0.1, 0.15) is 38.8 Å². The first-order valence-corrected chi connectivity index (χ1v) is 9.35. The largest absolute Gasteiger partial charge is 0.462 e. The number of carbonyl (C=O) groups excluding carboxylic acids is 2. The number of hydrogen-bond donors (Lipinski definition) is 2. The average Bonchev–Trinajstić information content (AvgIpc) is 2.72. The Morgan fingerprint density at radius 2 is 1.69 bits per heavy atom. The number of amides is 1. The number of ether oxygens (including phenoxy) is 1. The highest BCUT2D eigenvalue weighted by Gasteiger charge is 2.09. The molecule has 0 aliphatic rings. The Hall–Kier alpha value is -3.67. The van der Waals surface area contributed by atoms with E-state index in [-0.39, 0.29) is 11.9 Å². The van der Waals surface area contributed by atoms with Gasteiger partial charge in [0.25, 0.3) is 5.91 Å². The van der Waals surface area contributed by atoms with E-state index in [1.54, 1.807) is 43.3 Å². The first kappa shape index (κ1) is 20.1. The van der Waals surface area contributed by atoms with Gasteiger partial charge in [-0.1, -0.05) is 12.1 Å². The van der Waals surface area contributed by atoms with Crippen LogP contribution in [0.25, 0.3) is 0 Å². The quantitative estimate of drug-likeness (QED) is 0.588. The van der Waals surface area contributed by atoms with Gasteiger partial charge in [-0.3, -0.25) is 4.79 Å². The van der Waals surface area contributed by atoms with Crippen LogP contribution < -0.4 is 10.6 Å². The summed E-state index contributed by atoms with van der Waals surface area (Å²) in [7, 11) is 0. The molecule has 3 rings (SSSR count). The van der Waals surface area contributed by atoms with E-state index in [2.05, 4.69) is 15.6 Å². The molecular formula is C23H23N3O3. The lowest BCUT2D eigenvalue weighted by atomic mass is 10.1. The molecule has 0 bridgehead atoms. The van der Waals surface area contributed by atoms with Gasteiger partial charge < -0.3 is 15.4 Å². The summed E-state index contributed by atoms with van der Waals surface area (Å²) < 4.78 is 4.97. The monoisotopic (exact) mass is 389 g/mol. The van der Waals surface area contributed by atoms with Crippen molar-refractivity contribution in [1.29, 1.82) is 0 Å². The predicted octanol–water partition coefficient (Wildman–Crippen LogP) is 4.87. The second kappa shape index (κ2) is 9.01. The van der Waals surface area contributed by atoms with E-state index in [1.807, 2.05) is 32.0 Å². The molecule has 0 unspecified atom stereocenters. The van der Waals surface area contributed by atoms with Crippen molar-refractivity contribution in [1.82, 2.24) is 4.98 Å². The molecule has 1 heterocycles. The topological polar surface area (TPSA) is 80.3 Å². The molecule has 0 fully saturated rings. The van der Waals surface area contributed by atoms with E-state index in [9.17, 15) is 9.59 Å². The Balaban J connectivity index is 1.64. The number of hydrogen-bond acceptors (Lipinski definition) is 5. The standard InChI is InChI=1S/C23H23N3O3/c1-4-29-23(28)17-7-10-19(11-8-17)25-21-12-9-18(14-24-21)22(27)26-20-13-15(2)5-6-16(20)3/h5-14H,4H2,1-3H3,(H,24,25)(H,26,27). The Labute approximate surface area is 169 Å². The minimum atomic E-state index is -0.351. The van der Waals surface area contributed by atoms with Crippen LogP contribution in [0.4, 0.5) is 17.2 Å². The lowest BCUT2D eigenvalue weighted by Gasteiger charge is -2.10. The predicted molar refractivity (Wildman–Crippen MR) is 114 cm³/mol. The number of benzene rings is 2. The summed E-state index contributed by atoms with van der Waals surface area (Å²) in [6.45, 7) is 6.04. The maximum atomic E-state index is 12.5. The number of pyridine rings is 1. The number of carbonyl (C=O) groups is 2. The van der Waals surface area contributed by atoms with Crippen LogP contribution in [0.5, 0.6) is 0 Å². The minimum absolute atomic E-state index is 0.212. The molecule has 1 aromatic heterocycles. The van der Waals surface area contributed by atoms with Crippen LogP contribution in [0.2, 0.25) is 0 Å². The van der Waals surface area contributed by atoms with Gasteiger partial charge in [-0.15, -0.1) is 0 Å². The summed E-state index contributed by atoms with van der Waals surface area (Å²) in [6.07, 6.45) is 1.52. The van der Waals surface area contributed by atoms with Crippen LogP contribution in [-0.4, -0.2) is 23.5 Å². The van der Waals surface area contributed by atoms with Gasteiger partial charge in [0.2, 0.25) is 0 Å². The number of anilines is 3. The number of nitrogens with zero attached hydrogens (tertiary/aromatic N) is 1. The van der Waals surface area contributed by atoms with E-state index in [1.165, 1.54) is 6.20 Å². The van der Waals surface area contributed by atoms with E-state index in [0.29, 0.717) is 23.6 Å². The maximum absolute atomic E-state index is 12.5. The Morgan fingerprint density at radius 3 is 2.34 bits per heavy atom. The van der Waals surface area contributed by atoms with E-state index < -0.39 is 0 Å². The smallest absolute Gasteiger partial charge is 0.338 e. The summed E-state index contributed by atoms with van der Waals surface area (Å²) in [4.78, 5) is 28.5. The highest BCUT2D eigenvalue weighted by atomic mass is 16.5. The first-order chi connectivity index (χ1) is 14.0. The van der Waals surface area contributed by atoms with Gasteiger partial charge in [-0.2, -0.15) is 0 Å². The highest BCUT2D eigenvalue weighted by molar-refractivity contribution is 6.04. The third kappa shape index (κ3) is 5.19. The summed E-state index contributed by atoms with van der Waals surface area (Å²) >= 11 is 0. The zero-order valence-corrected chi connectivity index (χ0v) is 16.7. The van der Waals surface area contributed by atoms with Crippen molar-refractivity contribution in [3.8, 4) is 0 Å². The fourth-order valence-corrected chi connectivity index (χ4v) is 2.72. The molecule has 0 spiro atoms.